The highest BCUT2D eigenvalue weighted by Crippen LogP contribution is 2.38. The highest BCUT2D eigenvalue weighted by molar-refractivity contribution is 5.48. The normalized spacial score (nSPS) is 15.2. The minimum atomic E-state index is -0.197. The molecule has 20 heavy (non-hydrogen) atoms. The molecule has 2 rings (SSSR count). The van der Waals surface area contributed by atoms with Crippen LogP contribution < -0.4 is 10.6 Å². The molecule has 0 atom stereocenters. The summed E-state index contributed by atoms with van der Waals surface area (Å²) in [6, 6.07) is 1.97. The van der Waals surface area contributed by atoms with Crippen molar-refractivity contribution in [1.82, 2.24) is 9.97 Å². The average Bonchev–Trinajstić information content (AvgIpc) is 3.21. The van der Waals surface area contributed by atoms with Gasteiger partial charge in [-0.3, -0.25) is 0 Å². The molecule has 0 spiro atoms. The lowest BCUT2D eigenvalue weighted by atomic mass is 10.1. The maximum atomic E-state index is 5.70. The van der Waals surface area contributed by atoms with Crippen molar-refractivity contribution in [3.8, 4) is 0 Å². The van der Waals surface area contributed by atoms with Crippen LogP contribution in [0.15, 0.2) is 6.07 Å². The third-order valence-corrected chi connectivity index (χ3v) is 3.27. The molecule has 0 bridgehead atoms. The van der Waals surface area contributed by atoms with E-state index in [1.165, 1.54) is 12.8 Å². The molecule has 112 valence electrons. The molecule has 1 aromatic heterocycles. The van der Waals surface area contributed by atoms with Crippen molar-refractivity contribution < 1.29 is 4.74 Å². The van der Waals surface area contributed by atoms with Gasteiger partial charge in [-0.1, -0.05) is 0 Å². The van der Waals surface area contributed by atoms with Crippen LogP contribution in [0.1, 0.15) is 52.3 Å². The average molecular weight is 278 g/mol. The Morgan fingerprint density at radius 2 is 1.85 bits per heavy atom. The first-order valence-corrected chi connectivity index (χ1v) is 7.54. The fourth-order valence-electron chi connectivity index (χ4n) is 2.10. The Morgan fingerprint density at radius 1 is 1.20 bits per heavy atom. The van der Waals surface area contributed by atoms with Crippen LogP contribution in [-0.2, 0) is 4.74 Å². The summed E-state index contributed by atoms with van der Waals surface area (Å²) in [6.07, 6.45) is 2.42. The minimum Gasteiger partial charge on any atom is -0.374 e. The zero-order chi connectivity index (χ0) is 14.6. The largest absolute Gasteiger partial charge is 0.374 e. The van der Waals surface area contributed by atoms with Crippen LogP contribution in [-0.4, -0.2) is 35.3 Å². The fourth-order valence-corrected chi connectivity index (χ4v) is 2.10. The molecule has 5 heteroatoms. The van der Waals surface area contributed by atoms with Crippen molar-refractivity contribution in [3.63, 3.8) is 0 Å². The summed E-state index contributed by atoms with van der Waals surface area (Å²) in [5, 5.41) is 6.65. The predicted octanol–water partition coefficient (Wildman–Crippen LogP) is 3.01. The van der Waals surface area contributed by atoms with Gasteiger partial charge in [0.05, 0.1) is 5.60 Å². The van der Waals surface area contributed by atoms with Crippen LogP contribution in [0.2, 0.25) is 0 Å². The van der Waals surface area contributed by atoms with Crippen molar-refractivity contribution in [1.29, 1.82) is 0 Å². The standard InChI is InChI=1S/C15H26N4O/c1-5-16-12-9-13(17-10-15(3,4)20-6-2)19-14(18-12)11-7-8-11/h9,11H,5-8,10H2,1-4H3,(H2,16,17,18,19). The lowest BCUT2D eigenvalue weighted by Crippen LogP contribution is -2.33. The van der Waals surface area contributed by atoms with E-state index >= 15 is 0 Å². The molecule has 1 heterocycles. The Balaban J connectivity index is 2.06. The third kappa shape index (κ3) is 4.34. The molecule has 2 N–H and O–H groups in total. The number of rotatable bonds is 8. The van der Waals surface area contributed by atoms with E-state index in [1.54, 1.807) is 0 Å². The highest BCUT2D eigenvalue weighted by Gasteiger charge is 2.27. The molecule has 1 saturated carbocycles. The van der Waals surface area contributed by atoms with Crippen molar-refractivity contribution in [2.75, 3.05) is 30.3 Å². The predicted molar refractivity (Wildman–Crippen MR) is 82.4 cm³/mol. The van der Waals surface area contributed by atoms with Crippen LogP contribution in [0, 0.1) is 0 Å². The van der Waals surface area contributed by atoms with Gasteiger partial charge in [0.15, 0.2) is 0 Å². The van der Waals surface area contributed by atoms with Gasteiger partial charge < -0.3 is 15.4 Å². The molecule has 5 nitrogen and oxygen atoms in total. The second kappa shape index (κ2) is 6.39. The van der Waals surface area contributed by atoms with Gasteiger partial charge in [0, 0.05) is 31.7 Å². The van der Waals surface area contributed by atoms with Crippen LogP contribution in [0.25, 0.3) is 0 Å². The van der Waals surface area contributed by atoms with E-state index in [0.717, 1.165) is 30.5 Å². The Hall–Kier alpha value is -1.36. The smallest absolute Gasteiger partial charge is 0.136 e. The summed E-state index contributed by atoms with van der Waals surface area (Å²) in [5.74, 6) is 3.29. The van der Waals surface area contributed by atoms with Crippen LogP contribution in [0.3, 0.4) is 0 Å². The van der Waals surface area contributed by atoms with E-state index in [-0.39, 0.29) is 5.60 Å². The quantitative estimate of drug-likeness (QED) is 0.765. The van der Waals surface area contributed by atoms with E-state index < -0.39 is 0 Å². The molecule has 0 aromatic carbocycles. The summed E-state index contributed by atoms with van der Waals surface area (Å²) in [7, 11) is 0. The molecule has 0 amide bonds. The second-order valence-electron chi connectivity index (χ2n) is 5.85. The van der Waals surface area contributed by atoms with Gasteiger partial charge >= 0.3 is 0 Å². The number of ether oxygens (including phenoxy) is 1. The summed E-state index contributed by atoms with van der Waals surface area (Å²) in [6.45, 7) is 10.6. The van der Waals surface area contributed by atoms with Crippen molar-refractivity contribution >= 4 is 11.6 Å². The topological polar surface area (TPSA) is 59.1 Å². The monoisotopic (exact) mass is 278 g/mol. The van der Waals surface area contributed by atoms with Gasteiger partial charge in [-0.05, 0) is 40.5 Å². The Bertz CT molecular complexity index is 443. The van der Waals surface area contributed by atoms with E-state index in [0.29, 0.717) is 12.5 Å². The summed E-state index contributed by atoms with van der Waals surface area (Å²) in [5.41, 5.74) is -0.197. The SMILES string of the molecule is CCNc1cc(NCC(C)(C)OCC)nc(C2CC2)n1. The fraction of sp³-hybridized carbons (Fsp3) is 0.733. The Kier molecular flexibility index (Phi) is 4.81. The Morgan fingerprint density at radius 3 is 2.40 bits per heavy atom. The molecule has 1 aromatic rings. The summed E-state index contributed by atoms with van der Waals surface area (Å²) < 4.78 is 5.70. The molecule has 0 unspecified atom stereocenters. The maximum Gasteiger partial charge on any atom is 0.136 e. The van der Waals surface area contributed by atoms with Crippen LogP contribution in [0.5, 0.6) is 0 Å². The zero-order valence-corrected chi connectivity index (χ0v) is 13.0. The number of hydrogen-bond donors (Lipinski definition) is 2. The second-order valence-corrected chi connectivity index (χ2v) is 5.85. The van der Waals surface area contributed by atoms with Gasteiger partial charge in [-0.25, -0.2) is 9.97 Å². The van der Waals surface area contributed by atoms with Crippen molar-refractivity contribution in [3.05, 3.63) is 11.9 Å². The van der Waals surface area contributed by atoms with E-state index in [2.05, 4.69) is 41.4 Å². The van der Waals surface area contributed by atoms with Gasteiger partial charge in [-0.15, -0.1) is 0 Å². The zero-order valence-electron chi connectivity index (χ0n) is 13.0. The molecule has 0 aliphatic heterocycles. The van der Waals surface area contributed by atoms with Crippen LogP contribution in [0.4, 0.5) is 11.6 Å². The Labute approximate surface area is 121 Å². The lowest BCUT2D eigenvalue weighted by Gasteiger charge is -2.25. The molecule has 1 fully saturated rings. The number of anilines is 2. The first kappa shape index (κ1) is 15.0. The van der Waals surface area contributed by atoms with E-state index in [9.17, 15) is 0 Å². The van der Waals surface area contributed by atoms with Gasteiger partial charge in [0.2, 0.25) is 0 Å². The van der Waals surface area contributed by atoms with Crippen molar-refractivity contribution in [2.24, 2.45) is 0 Å². The first-order chi connectivity index (χ1) is 9.54. The summed E-state index contributed by atoms with van der Waals surface area (Å²) in [4.78, 5) is 9.20. The number of hydrogen-bond acceptors (Lipinski definition) is 5. The third-order valence-electron chi connectivity index (χ3n) is 3.27. The number of aromatic nitrogens is 2. The van der Waals surface area contributed by atoms with Crippen LogP contribution >= 0.6 is 0 Å². The van der Waals surface area contributed by atoms with E-state index in [1.807, 2.05) is 13.0 Å². The van der Waals surface area contributed by atoms with Gasteiger partial charge in [0.25, 0.3) is 0 Å². The summed E-state index contributed by atoms with van der Waals surface area (Å²) >= 11 is 0. The highest BCUT2D eigenvalue weighted by atomic mass is 16.5. The molecule has 0 saturated heterocycles. The van der Waals surface area contributed by atoms with E-state index in [4.69, 9.17) is 4.74 Å². The molecule has 1 aliphatic carbocycles. The molecular formula is C15H26N4O. The maximum absolute atomic E-state index is 5.70. The minimum absolute atomic E-state index is 0.197. The molecular weight excluding hydrogens is 252 g/mol. The van der Waals surface area contributed by atoms with Gasteiger partial charge in [0.1, 0.15) is 17.5 Å². The van der Waals surface area contributed by atoms with Crippen molar-refractivity contribution in [2.45, 2.75) is 52.1 Å². The number of nitrogens with one attached hydrogen (secondary N) is 2. The molecule has 1 aliphatic rings. The van der Waals surface area contributed by atoms with Gasteiger partial charge in [-0.2, -0.15) is 0 Å². The first-order valence-electron chi connectivity index (χ1n) is 7.54. The number of nitrogens with zero attached hydrogens (tertiary/aromatic N) is 2. The lowest BCUT2D eigenvalue weighted by molar-refractivity contribution is 0.000638. The molecule has 0 radical (unpaired) electrons.